The van der Waals surface area contributed by atoms with Crippen LogP contribution in [0.25, 0.3) is 5.65 Å². The third-order valence-electron chi connectivity index (χ3n) is 7.85. The largest absolute Gasteiger partial charge is 0.345 e. The lowest BCUT2D eigenvalue weighted by molar-refractivity contribution is -0.134. The van der Waals surface area contributed by atoms with Gasteiger partial charge in [-0.3, -0.25) is 9.59 Å². The molecule has 0 aromatic carbocycles. The molecule has 3 heterocycles. The number of nitrogens with one attached hydrogen (secondary N) is 2. The summed E-state index contributed by atoms with van der Waals surface area (Å²) in [6.45, 7) is 7.25. The number of fused-ring (bicyclic) bond motifs is 1. The zero-order valence-electron chi connectivity index (χ0n) is 22.7. The van der Waals surface area contributed by atoms with E-state index in [0.29, 0.717) is 22.5 Å². The van der Waals surface area contributed by atoms with Crippen molar-refractivity contribution in [3.8, 4) is 0 Å². The number of aryl methyl sites for hydroxylation is 1. The Bertz CT molecular complexity index is 1450. The number of halogens is 4. The summed E-state index contributed by atoms with van der Waals surface area (Å²) in [6, 6.07) is 0.365. The molecule has 10 nitrogen and oxygen atoms in total. The maximum absolute atomic E-state index is 13.9. The molecular weight excluding hydrogens is 546 g/mol. The fraction of sp³-hybridized carbons (Fsp3) is 0.556. The lowest BCUT2D eigenvalue weighted by Crippen LogP contribution is -2.39. The van der Waals surface area contributed by atoms with Crippen LogP contribution in [-0.2, 0) is 4.79 Å². The lowest BCUT2D eigenvalue weighted by Gasteiger charge is -2.34. The third-order valence-corrected chi connectivity index (χ3v) is 7.85. The Morgan fingerprint density at radius 3 is 2.46 bits per heavy atom. The summed E-state index contributed by atoms with van der Waals surface area (Å²) in [4.78, 5) is 30.3. The Balaban J connectivity index is 1.38. The minimum atomic E-state index is -2.76. The highest BCUT2D eigenvalue weighted by Crippen LogP contribution is 2.44. The average molecular weight is 578 g/mol. The van der Waals surface area contributed by atoms with Crippen molar-refractivity contribution in [3.63, 3.8) is 0 Å². The Kier molecular flexibility index (Phi) is 7.60. The quantitative estimate of drug-likeness (QED) is 0.274. The zero-order valence-corrected chi connectivity index (χ0v) is 22.7. The van der Waals surface area contributed by atoms with E-state index in [9.17, 15) is 27.2 Å². The van der Waals surface area contributed by atoms with Gasteiger partial charge in [0.2, 0.25) is 17.8 Å². The Morgan fingerprint density at radius 1 is 1.15 bits per heavy atom. The normalized spacial score (nSPS) is 20.2. The fourth-order valence-corrected chi connectivity index (χ4v) is 5.60. The first-order valence-corrected chi connectivity index (χ1v) is 13.5. The molecule has 3 aromatic heterocycles. The van der Waals surface area contributed by atoms with Gasteiger partial charge in [0.05, 0.1) is 30.2 Å². The van der Waals surface area contributed by atoms with E-state index >= 15 is 0 Å². The number of alkyl halides is 4. The molecular formula is C27H31F4N7O3. The first-order valence-electron chi connectivity index (χ1n) is 13.5. The van der Waals surface area contributed by atoms with E-state index in [1.165, 1.54) is 10.7 Å². The first kappa shape index (κ1) is 28.7. The Labute approximate surface area is 232 Å². The van der Waals surface area contributed by atoms with E-state index in [0.717, 1.165) is 0 Å². The summed E-state index contributed by atoms with van der Waals surface area (Å²) < 4.78 is 60.4. The number of aromatic nitrogens is 5. The zero-order chi connectivity index (χ0) is 29.5. The van der Waals surface area contributed by atoms with Gasteiger partial charge >= 0.3 is 0 Å². The van der Waals surface area contributed by atoms with E-state index in [2.05, 4.69) is 42.2 Å². The van der Waals surface area contributed by atoms with E-state index < -0.39 is 29.8 Å². The molecule has 5 rings (SSSR count). The molecule has 41 heavy (non-hydrogen) atoms. The van der Waals surface area contributed by atoms with Crippen molar-refractivity contribution in [1.82, 2.24) is 35.5 Å². The molecule has 3 aromatic rings. The number of carbonyl (C=O) groups excluding carboxylic acids is 2. The predicted molar refractivity (Wildman–Crippen MR) is 137 cm³/mol. The number of imidazole rings is 1. The molecule has 0 saturated heterocycles. The lowest BCUT2D eigenvalue weighted by atomic mass is 9.79. The average Bonchev–Trinajstić information content (AvgIpc) is 3.50. The van der Waals surface area contributed by atoms with Gasteiger partial charge in [-0.2, -0.15) is 5.10 Å². The summed E-state index contributed by atoms with van der Waals surface area (Å²) in [5.74, 6) is -7.07. The van der Waals surface area contributed by atoms with Crippen LogP contribution in [0.15, 0.2) is 35.2 Å². The van der Waals surface area contributed by atoms with Crippen LogP contribution >= 0.6 is 0 Å². The van der Waals surface area contributed by atoms with Crippen LogP contribution in [0.2, 0.25) is 0 Å². The summed E-state index contributed by atoms with van der Waals surface area (Å²) in [5, 5.41) is 17.4. The molecule has 0 spiro atoms. The SMILES string of the molecule is C=C(C)[C@@H](NC(=O)CC1CC(F)(F)C1)c1cnn2cc([C@@H](NC(=O)c3nonc3C)C3CCC(F)(F)CC3)nc2c1. The van der Waals surface area contributed by atoms with Crippen LogP contribution in [0.4, 0.5) is 17.6 Å². The van der Waals surface area contributed by atoms with Crippen molar-refractivity contribution in [1.29, 1.82) is 0 Å². The second kappa shape index (κ2) is 10.9. The molecule has 220 valence electrons. The third kappa shape index (κ3) is 6.41. The Morgan fingerprint density at radius 2 is 1.85 bits per heavy atom. The first-order chi connectivity index (χ1) is 19.3. The molecule has 0 bridgehead atoms. The van der Waals surface area contributed by atoms with Gasteiger partial charge in [0, 0.05) is 37.7 Å². The fourth-order valence-electron chi connectivity index (χ4n) is 5.60. The highest BCUT2D eigenvalue weighted by atomic mass is 19.3. The number of rotatable bonds is 9. The van der Waals surface area contributed by atoms with Crippen LogP contribution in [0.1, 0.15) is 91.4 Å². The molecule has 2 saturated carbocycles. The number of amides is 2. The monoisotopic (exact) mass is 577 g/mol. The van der Waals surface area contributed by atoms with Crippen LogP contribution in [0.5, 0.6) is 0 Å². The van der Waals surface area contributed by atoms with Crippen LogP contribution in [0, 0.1) is 18.8 Å². The molecule has 2 N–H and O–H groups in total. The van der Waals surface area contributed by atoms with E-state index in [1.807, 2.05) is 0 Å². The molecule has 2 aliphatic rings. The van der Waals surface area contributed by atoms with Crippen molar-refractivity contribution in [2.24, 2.45) is 11.8 Å². The summed E-state index contributed by atoms with van der Waals surface area (Å²) in [6.07, 6.45) is 2.30. The minimum Gasteiger partial charge on any atom is -0.345 e. The predicted octanol–water partition coefficient (Wildman–Crippen LogP) is 4.89. The second-order valence-electron chi connectivity index (χ2n) is 11.3. The van der Waals surface area contributed by atoms with Crippen molar-refractivity contribution >= 4 is 17.5 Å². The molecule has 2 amide bonds. The summed E-state index contributed by atoms with van der Waals surface area (Å²) >= 11 is 0. The smallest absolute Gasteiger partial charge is 0.276 e. The minimum absolute atomic E-state index is 0.00836. The summed E-state index contributed by atoms with van der Waals surface area (Å²) in [7, 11) is 0. The van der Waals surface area contributed by atoms with Gasteiger partial charge in [-0.05, 0) is 49.7 Å². The molecule has 0 radical (unpaired) electrons. The van der Waals surface area contributed by atoms with Crippen molar-refractivity contribution in [3.05, 3.63) is 53.3 Å². The van der Waals surface area contributed by atoms with Crippen molar-refractivity contribution in [2.75, 3.05) is 0 Å². The van der Waals surface area contributed by atoms with Gasteiger partial charge in [0.25, 0.3) is 5.91 Å². The van der Waals surface area contributed by atoms with Crippen LogP contribution in [-0.4, -0.2) is 48.6 Å². The second-order valence-corrected chi connectivity index (χ2v) is 11.3. The number of carbonyl (C=O) groups is 2. The van der Waals surface area contributed by atoms with Gasteiger partial charge in [-0.25, -0.2) is 31.7 Å². The standard InChI is InChI=1S/C27H31F4N7O3/c1-14(2)22(34-21(39)8-16-10-27(30,31)11-16)18-9-20-33-19(13-38(20)32-12-18)24(17-4-6-26(28,29)7-5-17)35-25(40)23-15(3)36-41-37-23/h9,12-13,16-17,22,24H,1,4-8,10-11H2,2-3H3,(H,34,39)(H,35,40)/t22-,24+/m1/s1. The van der Waals surface area contributed by atoms with Crippen LogP contribution < -0.4 is 10.6 Å². The summed E-state index contributed by atoms with van der Waals surface area (Å²) in [5.41, 5.74) is 2.30. The maximum atomic E-state index is 13.9. The number of hydrogen-bond donors (Lipinski definition) is 2. The highest BCUT2D eigenvalue weighted by Gasteiger charge is 2.46. The highest BCUT2D eigenvalue weighted by molar-refractivity contribution is 5.93. The Hall–Kier alpha value is -3.84. The molecule has 2 aliphatic carbocycles. The molecule has 0 unspecified atom stereocenters. The molecule has 2 atom stereocenters. The number of nitrogens with zero attached hydrogens (tertiary/aromatic N) is 5. The van der Waals surface area contributed by atoms with Gasteiger partial charge in [-0.1, -0.05) is 17.3 Å². The van der Waals surface area contributed by atoms with Gasteiger partial charge in [0.15, 0.2) is 11.3 Å². The molecule has 0 aliphatic heterocycles. The number of hydrogen-bond acceptors (Lipinski definition) is 7. The van der Waals surface area contributed by atoms with Gasteiger partial charge in [-0.15, -0.1) is 0 Å². The van der Waals surface area contributed by atoms with E-state index in [-0.39, 0.29) is 74.1 Å². The van der Waals surface area contributed by atoms with Crippen molar-refractivity contribution in [2.45, 2.75) is 82.7 Å². The molecule has 14 heteroatoms. The molecule has 2 fully saturated rings. The maximum Gasteiger partial charge on any atom is 0.276 e. The van der Waals surface area contributed by atoms with E-state index in [1.54, 1.807) is 26.1 Å². The van der Waals surface area contributed by atoms with Gasteiger partial charge < -0.3 is 10.6 Å². The topological polar surface area (TPSA) is 127 Å². The van der Waals surface area contributed by atoms with Gasteiger partial charge in [0.1, 0.15) is 5.69 Å². The van der Waals surface area contributed by atoms with Crippen LogP contribution in [0.3, 0.4) is 0 Å². The van der Waals surface area contributed by atoms with E-state index in [4.69, 9.17) is 0 Å². The van der Waals surface area contributed by atoms with Crippen molar-refractivity contribution < 1.29 is 31.8 Å².